The van der Waals surface area contributed by atoms with E-state index >= 15 is 0 Å². The number of aliphatic carboxylic acids is 5. The number of benzene rings is 9. The van der Waals surface area contributed by atoms with Gasteiger partial charge in [0, 0.05) is 51.0 Å². The highest BCUT2D eigenvalue weighted by molar-refractivity contribution is 8.23. The summed E-state index contributed by atoms with van der Waals surface area (Å²) in [5.74, 6) is -1.85. The lowest BCUT2D eigenvalue weighted by Crippen LogP contribution is -2.42. The number of phenols is 1. The van der Waals surface area contributed by atoms with Crippen LogP contribution in [0.4, 0.5) is 0 Å². The standard InChI is InChI=1S/C16H17NO3S2.C13H10OS.C10H11NO3S.2C10H11NO2S2.C10H9NO2S.C6H6O.H2S/c17-14(15(18)19)11-22-16(21,12-7-3-1-4-8-12)20-13-9-5-2-6-10-13;15-13(11-7-3-1-4-8-11)14-12-9-5-2-6-10-12;12-9(7-4-2-1-3-5-7)11-8(6-15)10(13)14;12-9(13)8-6-15-10(14,11-8)7-4-2-1-3-5-7;11-8(9(12)13)6-15-10(14)7-4-2-1-3-5-7;12-10(13)8-6-14-9(11-8)7-4-2-1-3-5-7;7-6-4-2-1-3-5-6;/h1-10,14,21H,11,17H2,(H,18,19);1-10H;1-5,8,15H,6H2,(H,11,12)(H,13,14);1-5,8,11,14H,6H2,(H,12,13);1-5,8H,6,11H2,(H,12,13);1-5,8H,6H2,(H,12,13);1-5,7H;1H2. The van der Waals surface area contributed by atoms with E-state index < -0.39 is 74.4 Å². The summed E-state index contributed by atoms with van der Waals surface area (Å²) in [7, 11) is 0. The summed E-state index contributed by atoms with van der Waals surface area (Å²) in [6.07, 6.45) is 0. The minimum Gasteiger partial charge on any atom is -0.508 e. The van der Waals surface area contributed by atoms with Gasteiger partial charge in [0.1, 0.15) is 45.6 Å². The Morgan fingerprint density at radius 2 is 1.02 bits per heavy atom. The fourth-order valence-corrected chi connectivity index (χ4v) is 13.8. The van der Waals surface area contributed by atoms with E-state index in [9.17, 15) is 28.8 Å². The lowest BCUT2D eigenvalue weighted by Gasteiger charge is -2.30. The Labute approximate surface area is 654 Å². The van der Waals surface area contributed by atoms with Gasteiger partial charge in [-0.1, -0.05) is 248 Å². The highest BCUT2D eigenvalue weighted by atomic mass is 32.2. The van der Waals surface area contributed by atoms with Crippen molar-refractivity contribution in [3.8, 4) is 17.2 Å². The van der Waals surface area contributed by atoms with E-state index in [4.69, 9.17) is 76.0 Å². The number of aromatic hydroxyl groups is 1. The minimum absolute atomic E-state index is 0. The maximum atomic E-state index is 11.5. The molecule has 0 bridgehead atoms. The maximum absolute atomic E-state index is 11.5. The average Bonchev–Trinajstić information content (AvgIpc) is 1.64. The number of phenolic OH excluding ortho intramolecular Hbond substituents is 1. The van der Waals surface area contributed by atoms with Gasteiger partial charge < -0.3 is 56.9 Å². The zero-order valence-corrected chi connectivity index (χ0v) is 63.8. The molecule has 1 fully saturated rings. The van der Waals surface area contributed by atoms with Gasteiger partial charge in [-0.3, -0.25) is 29.5 Å². The lowest BCUT2D eigenvalue weighted by atomic mass is 10.2. The molecule has 29 heteroatoms. The lowest BCUT2D eigenvalue weighted by molar-refractivity contribution is -0.139. The van der Waals surface area contributed by atoms with Crippen LogP contribution in [-0.4, -0.2) is 140 Å². The Morgan fingerprint density at radius 3 is 1.45 bits per heavy atom. The smallest absolute Gasteiger partial charge is 0.329 e. The molecule has 0 radical (unpaired) electrons. The summed E-state index contributed by atoms with van der Waals surface area (Å²) in [6.45, 7) is 0. The molecular weight excluding hydrogens is 1520 g/mol. The van der Waals surface area contributed by atoms with Crippen molar-refractivity contribution in [1.29, 1.82) is 0 Å². The van der Waals surface area contributed by atoms with Crippen molar-refractivity contribution in [2.24, 2.45) is 16.5 Å². The first-order valence-electron chi connectivity index (χ1n) is 30.9. The number of para-hydroxylation sites is 3. The van der Waals surface area contributed by atoms with Crippen LogP contribution < -0.4 is 31.6 Å². The number of ether oxygens (including phenoxy) is 2. The van der Waals surface area contributed by atoms with Gasteiger partial charge in [0.05, 0.1) is 9.24 Å². The van der Waals surface area contributed by atoms with Crippen LogP contribution >= 0.6 is 123 Å². The summed E-state index contributed by atoms with van der Waals surface area (Å²) in [5, 5.41) is 59.2. The number of amides is 1. The van der Waals surface area contributed by atoms with E-state index in [-0.39, 0.29) is 25.0 Å². The molecule has 546 valence electrons. The molecule has 12 N–H and O–H groups in total. The number of carboxylic acid groups (broad SMARTS) is 5. The number of carbonyl (C=O) groups is 6. The topological polar surface area (TPSA) is 331 Å². The van der Waals surface area contributed by atoms with Crippen LogP contribution in [0.5, 0.6) is 17.2 Å². The molecule has 0 spiro atoms. The normalized spacial score (nSPS) is 15.7. The van der Waals surface area contributed by atoms with Gasteiger partial charge >= 0.3 is 29.8 Å². The maximum Gasteiger partial charge on any atom is 0.329 e. The molecule has 9 aromatic rings. The van der Waals surface area contributed by atoms with Crippen LogP contribution in [0, 0.1) is 0 Å². The number of nitrogens with zero attached hydrogens (tertiary/aromatic N) is 1. The number of nitrogens with two attached hydrogens (primary N) is 2. The number of thiol groups is 3. The van der Waals surface area contributed by atoms with Crippen molar-refractivity contribution in [2.75, 3.05) is 28.8 Å². The summed E-state index contributed by atoms with van der Waals surface area (Å²) in [5.41, 5.74) is 16.1. The Balaban J connectivity index is 0.000000260. The third kappa shape index (κ3) is 32.4. The SMILES string of the molecule is NC(CSC(=S)c1ccccc1)C(=O)O.NC(CSC(S)(Oc1ccccc1)c1ccccc1)C(=O)O.O=C(NC(CS)C(=O)O)c1ccccc1.O=C(O)C1CSC(S)(c2ccccc2)N1.O=C(O)C1CSC(c2ccccc2)=N1.Oc1ccccc1.S.S=C(Oc1ccccc1)c1ccccc1. The Bertz CT molecular complexity index is 4100. The summed E-state index contributed by atoms with van der Waals surface area (Å²) in [4.78, 5) is 69.1. The summed E-state index contributed by atoms with van der Waals surface area (Å²) < 4.78 is 10.6. The van der Waals surface area contributed by atoms with E-state index in [1.807, 2.05) is 218 Å². The largest absolute Gasteiger partial charge is 0.508 e. The van der Waals surface area contributed by atoms with Gasteiger partial charge in [-0.2, -0.15) is 26.1 Å². The Kier molecular flexibility index (Phi) is 40.6. The molecule has 2 aliphatic rings. The molecule has 7 unspecified atom stereocenters. The number of hydrogen-bond donors (Lipinski definition) is 13. The highest BCUT2D eigenvalue weighted by Crippen LogP contribution is 2.44. The van der Waals surface area contributed by atoms with Gasteiger partial charge in [0.15, 0.2) is 11.1 Å². The van der Waals surface area contributed by atoms with Crippen molar-refractivity contribution < 1.29 is 68.9 Å². The second-order valence-electron chi connectivity index (χ2n) is 21.2. The molecule has 1 amide bonds. The molecule has 2 heterocycles. The van der Waals surface area contributed by atoms with Crippen LogP contribution in [0.25, 0.3) is 0 Å². The number of thiocarbonyl (C=S) groups is 2. The quantitative estimate of drug-likeness (QED) is 0.0181. The molecule has 0 aliphatic carbocycles. The van der Waals surface area contributed by atoms with Crippen molar-refractivity contribution in [2.45, 2.75) is 38.7 Å². The zero-order chi connectivity index (χ0) is 75.0. The fourth-order valence-electron chi connectivity index (χ4n) is 8.04. The second-order valence-corrected chi connectivity index (χ2v) is 28.9. The number of carbonyl (C=O) groups excluding carboxylic acids is 1. The summed E-state index contributed by atoms with van der Waals surface area (Å²) >= 11 is 28.9. The molecule has 0 aromatic heterocycles. The minimum atomic E-state index is -1.09. The molecule has 11 rings (SSSR count). The van der Waals surface area contributed by atoms with Crippen molar-refractivity contribution in [3.05, 3.63) is 306 Å². The van der Waals surface area contributed by atoms with Crippen molar-refractivity contribution in [3.63, 3.8) is 0 Å². The number of hydrogen-bond acceptors (Lipinski definition) is 22. The van der Waals surface area contributed by atoms with Crippen LogP contribution in [0.3, 0.4) is 0 Å². The predicted octanol–water partition coefficient (Wildman–Crippen LogP) is 13.4. The fraction of sp³-hybridized carbons (Fsp3) is 0.160. The second kappa shape index (κ2) is 48.0. The third-order valence-corrected chi connectivity index (χ3v) is 20.8. The van der Waals surface area contributed by atoms with Gasteiger partial charge in [-0.05, 0) is 71.9 Å². The highest BCUT2D eigenvalue weighted by Gasteiger charge is 2.41. The van der Waals surface area contributed by atoms with E-state index in [2.05, 4.69) is 53.5 Å². The number of nitrogens with one attached hydrogen (secondary N) is 2. The Morgan fingerprint density at radius 1 is 0.587 bits per heavy atom. The molecule has 104 heavy (non-hydrogen) atoms. The monoisotopic (exact) mass is 1590 g/mol. The van der Waals surface area contributed by atoms with Crippen LogP contribution in [0.1, 0.15) is 38.2 Å². The van der Waals surface area contributed by atoms with Crippen molar-refractivity contribution in [1.82, 2.24) is 10.6 Å². The number of aliphatic imine (C=N–C) groups is 1. The first-order chi connectivity index (χ1) is 49.4. The van der Waals surface area contributed by atoms with Crippen molar-refractivity contribution >= 4 is 173 Å². The number of thioether (sulfide) groups is 4. The first-order valence-corrected chi connectivity index (χ1v) is 37.2. The molecule has 19 nitrogen and oxygen atoms in total. The van der Waals surface area contributed by atoms with E-state index in [0.29, 0.717) is 43.6 Å². The van der Waals surface area contributed by atoms with Gasteiger partial charge in [0.25, 0.3) is 5.91 Å². The average molecular weight is 1590 g/mol. The van der Waals surface area contributed by atoms with E-state index in [0.717, 1.165) is 38.6 Å². The predicted molar refractivity (Wildman–Crippen MR) is 442 cm³/mol. The van der Waals surface area contributed by atoms with Gasteiger partial charge in [-0.15, -0.1) is 60.5 Å². The molecule has 7 atom stereocenters. The molecule has 2 aliphatic heterocycles. The van der Waals surface area contributed by atoms with E-state index in [1.165, 1.54) is 47.0 Å². The number of rotatable bonds is 21. The molecule has 1 saturated heterocycles. The molecule has 0 saturated carbocycles. The number of carboxylic acids is 5. The summed E-state index contributed by atoms with van der Waals surface area (Å²) in [6, 6.07) is 80.0. The van der Waals surface area contributed by atoms with Gasteiger partial charge in [0.2, 0.25) is 4.27 Å². The van der Waals surface area contributed by atoms with Gasteiger partial charge in [-0.25, -0.2) is 9.59 Å². The third-order valence-electron chi connectivity index (χ3n) is 13.4. The molecular formula is C75H77N5O14S10. The van der Waals surface area contributed by atoms with Crippen LogP contribution in [0.15, 0.2) is 278 Å². The Hall–Kier alpha value is -8.27. The van der Waals surface area contributed by atoms with Crippen LogP contribution in [-0.2, 0) is 32.4 Å². The first kappa shape index (κ1) is 88.1. The van der Waals surface area contributed by atoms with Crippen LogP contribution in [0.2, 0.25) is 0 Å². The zero-order valence-electron chi connectivity index (χ0n) is 55.2. The molecule has 9 aromatic carbocycles. The van der Waals surface area contributed by atoms with E-state index in [1.54, 1.807) is 54.6 Å².